The molecule has 0 radical (unpaired) electrons. The molecule has 0 fully saturated rings. The Morgan fingerprint density at radius 3 is 2.77 bits per heavy atom. The second-order valence-corrected chi connectivity index (χ2v) is 6.36. The molecule has 1 aromatic carbocycles. The molecule has 1 aromatic heterocycles. The maximum absolute atomic E-state index is 12.4. The van der Waals surface area contributed by atoms with Gasteiger partial charge in [-0.25, -0.2) is 9.97 Å². The Hall–Kier alpha value is -2.51. The molecule has 3 rings (SSSR count). The zero-order valence-electron chi connectivity index (χ0n) is 14.7. The summed E-state index contributed by atoms with van der Waals surface area (Å²) < 4.78 is 41.3. The number of fused-ring (bicyclic) bond motifs is 1. The zero-order chi connectivity index (χ0) is 18.7. The van der Waals surface area contributed by atoms with Crippen molar-refractivity contribution in [1.82, 2.24) is 9.97 Å². The van der Waals surface area contributed by atoms with Crippen LogP contribution >= 0.6 is 0 Å². The molecule has 0 unspecified atom stereocenters. The maximum Gasteiger partial charge on any atom is 0.573 e. The fourth-order valence-corrected chi connectivity index (χ4v) is 2.88. The molecule has 0 aliphatic carbocycles. The molecule has 1 aliphatic heterocycles. The van der Waals surface area contributed by atoms with Gasteiger partial charge in [0, 0.05) is 25.2 Å². The monoisotopic (exact) mass is 366 g/mol. The highest BCUT2D eigenvalue weighted by Crippen LogP contribution is 2.29. The van der Waals surface area contributed by atoms with Crippen LogP contribution in [0.15, 0.2) is 30.6 Å². The van der Waals surface area contributed by atoms with Gasteiger partial charge in [-0.15, -0.1) is 13.2 Å². The Bertz CT molecular complexity index is 766. The largest absolute Gasteiger partial charge is 0.573 e. The van der Waals surface area contributed by atoms with Gasteiger partial charge in [-0.3, -0.25) is 0 Å². The number of halogens is 3. The highest BCUT2D eigenvalue weighted by Gasteiger charge is 2.31. The zero-order valence-corrected chi connectivity index (χ0v) is 14.7. The van der Waals surface area contributed by atoms with E-state index in [1.807, 2.05) is 11.0 Å². The fourth-order valence-electron chi connectivity index (χ4n) is 2.88. The van der Waals surface area contributed by atoms with Crippen LogP contribution in [-0.4, -0.2) is 28.9 Å². The molecule has 0 bridgehead atoms. The van der Waals surface area contributed by atoms with Gasteiger partial charge in [-0.05, 0) is 43.0 Å². The Morgan fingerprint density at radius 2 is 2.04 bits per heavy atom. The second-order valence-electron chi connectivity index (χ2n) is 6.36. The lowest BCUT2D eigenvalue weighted by molar-refractivity contribution is -0.274. The third-order valence-corrected chi connectivity index (χ3v) is 4.41. The van der Waals surface area contributed by atoms with Crippen LogP contribution in [-0.2, 0) is 13.0 Å². The molecule has 2 aromatic rings. The first-order valence-electron chi connectivity index (χ1n) is 8.55. The van der Waals surface area contributed by atoms with Crippen molar-refractivity contribution in [1.29, 1.82) is 0 Å². The summed E-state index contributed by atoms with van der Waals surface area (Å²) in [7, 11) is 0. The Morgan fingerprint density at radius 1 is 1.23 bits per heavy atom. The third kappa shape index (κ3) is 4.56. The normalized spacial score (nSPS) is 15.3. The van der Waals surface area contributed by atoms with Gasteiger partial charge in [0.25, 0.3) is 0 Å². The Labute approximate surface area is 150 Å². The van der Waals surface area contributed by atoms with Gasteiger partial charge in [-0.2, -0.15) is 0 Å². The van der Waals surface area contributed by atoms with Crippen molar-refractivity contribution in [2.45, 2.75) is 45.6 Å². The average Bonchev–Trinajstić information content (AvgIpc) is 2.60. The van der Waals surface area contributed by atoms with Crippen LogP contribution in [0.1, 0.15) is 31.4 Å². The molecule has 1 N–H and O–H groups in total. The van der Waals surface area contributed by atoms with Gasteiger partial charge in [-0.1, -0.05) is 13.0 Å². The van der Waals surface area contributed by atoms with Gasteiger partial charge in [0.1, 0.15) is 23.7 Å². The number of hydrogen-bond donors (Lipinski definition) is 1. The van der Waals surface area contributed by atoms with E-state index >= 15 is 0 Å². The predicted octanol–water partition coefficient (Wildman–Crippen LogP) is 4.15. The lowest BCUT2D eigenvalue weighted by atomic mass is 9.99. The summed E-state index contributed by atoms with van der Waals surface area (Å²) in [6.45, 7) is 5.37. The van der Waals surface area contributed by atoms with Gasteiger partial charge in [0.15, 0.2) is 0 Å². The fraction of sp³-hybridized carbons (Fsp3) is 0.444. The summed E-state index contributed by atoms with van der Waals surface area (Å²) in [4.78, 5) is 10.6. The van der Waals surface area contributed by atoms with Gasteiger partial charge < -0.3 is 15.0 Å². The van der Waals surface area contributed by atoms with Crippen LogP contribution in [0.4, 0.5) is 24.8 Å². The van der Waals surface area contributed by atoms with E-state index in [-0.39, 0.29) is 5.75 Å². The smallest absolute Gasteiger partial charge is 0.406 e. The van der Waals surface area contributed by atoms with E-state index in [2.05, 4.69) is 33.9 Å². The molecule has 0 saturated heterocycles. The van der Waals surface area contributed by atoms with Crippen molar-refractivity contribution >= 4 is 11.6 Å². The number of benzene rings is 1. The standard InChI is InChI=1S/C18H21F3N4O/c1-3-12(2)24-16-9-17(23-11-22-16)25-7-6-13-4-5-15(8-14(13)10-25)26-18(19,20)21/h4-5,8-9,11-12H,3,6-7,10H2,1-2H3,(H,22,23,24)/t12-/m0/s1. The van der Waals surface area contributed by atoms with Gasteiger partial charge >= 0.3 is 6.36 Å². The van der Waals surface area contributed by atoms with E-state index in [0.717, 1.165) is 42.1 Å². The number of anilines is 2. The Balaban J connectivity index is 1.77. The number of aromatic nitrogens is 2. The van der Waals surface area contributed by atoms with Gasteiger partial charge in [0.05, 0.1) is 0 Å². The molecule has 8 heteroatoms. The molecule has 0 spiro atoms. The molecular formula is C18H21F3N4O. The van der Waals surface area contributed by atoms with Gasteiger partial charge in [0.2, 0.25) is 0 Å². The summed E-state index contributed by atoms with van der Waals surface area (Å²) >= 11 is 0. The summed E-state index contributed by atoms with van der Waals surface area (Å²) in [5.74, 6) is 1.29. The minimum absolute atomic E-state index is 0.195. The summed E-state index contributed by atoms with van der Waals surface area (Å²) in [6.07, 6.45) is -1.48. The summed E-state index contributed by atoms with van der Waals surface area (Å²) in [6, 6.07) is 6.67. The molecule has 2 heterocycles. The Kier molecular flexibility index (Phi) is 5.20. The quantitative estimate of drug-likeness (QED) is 0.862. The molecular weight excluding hydrogens is 345 g/mol. The molecule has 140 valence electrons. The highest BCUT2D eigenvalue weighted by molar-refractivity contribution is 5.51. The first-order chi connectivity index (χ1) is 12.3. The number of nitrogens with zero attached hydrogens (tertiary/aromatic N) is 3. The number of nitrogens with one attached hydrogen (secondary N) is 1. The summed E-state index contributed by atoms with van der Waals surface area (Å²) in [5, 5.41) is 3.30. The molecule has 0 saturated carbocycles. The van der Waals surface area contributed by atoms with Crippen molar-refractivity contribution in [3.05, 3.63) is 41.7 Å². The maximum atomic E-state index is 12.4. The first-order valence-corrected chi connectivity index (χ1v) is 8.55. The van der Waals surface area contributed by atoms with E-state index in [1.54, 1.807) is 6.07 Å². The first kappa shape index (κ1) is 18.3. The van der Waals surface area contributed by atoms with Crippen molar-refractivity contribution in [2.24, 2.45) is 0 Å². The van der Waals surface area contributed by atoms with E-state index in [9.17, 15) is 13.2 Å². The lowest BCUT2D eigenvalue weighted by Gasteiger charge is -2.30. The number of ether oxygens (including phenoxy) is 1. The number of hydrogen-bond acceptors (Lipinski definition) is 5. The molecule has 1 atom stereocenters. The van der Waals surface area contributed by atoms with Crippen LogP contribution in [0.5, 0.6) is 5.75 Å². The molecule has 0 amide bonds. The second kappa shape index (κ2) is 7.39. The summed E-state index contributed by atoms with van der Waals surface area (Å²) in [5.41, 5.74) is 1.84. The SMILES string of the molecule is CC[C@H](C)Nc1cc(N2CCc3ccc(OC(F)(F)F)cc3C2)ncn1. The van der Waals surface area contributed by atoms with E-state index in [1.165, 1.54) is 18.5 Å². The van der Waals surface area contributed by atoms with Crippen molar-refractivity contribution in [2.75, 3.05) is 16.8 Å². The topological polar surface area (TPSA) is 50.3 Å². The average molecular weight is 366 g/mol. The van der Waals surface area contributed by atoms with E-state index < -0.39 is 6.36 Å². The van der Waals surface area contributed by atoms with E-state index in [0.29, 0.717) is 12.6 Å². The van der Waals surface area contributed by atoms with Crippen molar-refractivity contribution in [3.8, 4) is 5.75 Å². The number of rotatable bonds is 5. The lowest BCUT2D eigenvalue weighted by Crippen LogP contribution is -2.31. The van der Waals surface area contributed by atoms with Crippen LogP contribution in [0.2, 0.25) is 0 Å². The van der Waals surface area contributed by atoms with Crippen LogP contribution in [0.25, 0.3) is 0 Å². The molecule has 26 heavy (non-hydrogen) atoms. The molecule has 1 aliphatic rings. The van der Waals surface area contributed by atoms with Crippen LogP contribution < -0.4 is 15.0 Å². The van der Waals surface area contributed by atoms with Crippen molar-refractivity contribution < 1.29 is 17.9 Å². The number of alkyl halides is 3. The molecule has 5 nitrogen and oxygen atoms in total. The third-order valence-electron chi connectivity index (χ3n) is 4.41. The van der Waals surface area contributed by atoms with E-state index in [4.69, 9.17) is 0 Å². The van der Waals surface area contributed by atoms with Crippen molar-refractivity contribution in [3.63, 3.8) is 0 Å². The predicted molar refractivity (Wildman–Crippen MR) is 93.3 cm³/mol. The van der Waals surface area contributed by atoms with Crippen LogP contribution in [0.3, 0.4) is 0 Å². The minimum Gasteiger partial charge on any atom is -0.406 e. The highest BCUT2D eigenvalue weighted by atomic mass is 19.4. The minimum atomic E-state index is -4.69. The van der Waals surface area contributed by atoms with Crippen LogP contribution in [0, 0.1) is 0 Å².